The van der Waals surface area contributed by atoms with Crippen LogP contribution in [0.25, 0.3) is 0 Å². The molecule has 0 fully saturated rings. The zero-order chi connectivity index (χ0) is 17.5. The lowest BCUT2D eigenvalue weighted by Gasteiger charge is -2.22. The summed E-state index contributed by atoms with van der Waals surface area (Å²) >= 11 is 1.46. The lowest BCUT2D eigenvalue weighted by Crippen LogP contribution is -2.32. The Morgan fingerprint density at radius 1 is 1.29 bits per heavy atom. The van der Waals surface area contributed by atoms with Crippen molar-refractivity contribution < 1.29 is 4.79 Å². The van der Waals surface area contributed by atoms with Gasteiger partial charge >= 0.3 is 0 Å². The van der Waals surface area contributed by atoms with Gasteiger partial charge in [0.15, 0.2) is 5.16 Å². The maximum Gasteiger partial charge on any atom is 0.233 e. The van der Waals surface area contributed by atoms with Crippen molar-refractivity contribution in [3.63, 3.8) is 0 Å². The smallest absolute Gasteiger partial charge is 0.233 e. The number of nitrogens with zero attached hydrogens (tertiary/aromatic N) is 4. The summed E-state index contributed by atoms with van der Waals surface area (Å²) in [4.78, 5) is 14.6. The van der Waals surface area contributed by atoms with Crippen LogP contribution in [-0.2, 0) is 11.3 Å². The van der Waals surface area contributed by atoms with Crippen LogP contribution in [0.4, 0.5) is 0 Å². The number of aromatic nitrogens is 3. The van der Waals surface area contributed by atoms with Gasteiger partial charge in [-0.05, 0) is 32.8 Å². The summed E-state index contributed by atoms with van der Waals surface area (Å²) in [6.07, 6.45) is 2.66. The van der Waals surface area contributed by atoms with E-state index in [1.54, 1.807) is 6.33 Å². The van der Waals surface area contributed by atoms with Crippen molar-refractivity contribution in [1.29, 1.82) is 0 Å². The third kappa shape index (κ3) is 5.09. The molecule has 0 unspecified atom stereocenters. The number of thioether (sulfide) groups is 1. The predicted octanol–water partition coefficient (Wildman–Crippen LogP) is 3.70. The summed E-state index contributed by atoms with van der Waals surface area (Å²) in [5.74, 6) is 0.526. The minimum absolute atomic E-state index is 0.140. The Morgan fingerprint density at radius 3 is 2.62 bits per heavy atom. The maximum absolute atomic E-state index is 12.6. The van der Waals surface area contributed by atoms with Crippen LogP contribution >= 0.6 is 11.8 Å². The van der Waals surface area contributed by atoms with Gasteiger partial charge in [0.25, 0.3) is 0 Å². The van der Waals surface area contributed by atoms with Gasteiger partial charge in [-0.1, -0.05) is 48.5 Å². The molecule has 1 aromatic heterocycles. The van der Waals surface area contributed by atoms with Gasteiger partial charge in [-0.15, -0.1) is 10.2 Å². The highest BCUT2D eigenvalue weighted by molar-refractivity contribution is 7.99. The molecule has 1 aromatic carbocycles. The minimum Gasteiger partial charge on any atom is -0.338 e. The van der Waals surface area contributed by atoms with Crippen LogP contribution < -0.4 is 0 Å². The van der Waals surface area contributed by atoms with Crippen LogP contribution in [0, 0.1) is 6.92 Å². The van der Waals surface area contributed by atoms with Gasteiger partial charge in [0.1, 0.15) is 6.33 Å². The van der Waals surface area contributed by atoms with Gasteiger partial charge in [0.2, 0.25) is 5.91 Å². The molecule has 5 nitrogen and oxygen atoms in total. The third-order valence-corrected chi connectivity index (χ3v) is 4.70. The van der Waals surface area contributed by atoms with Crippen molar-refractivity contribution in [1.82, 2.24) is 19.7 Å². The van der Waals surface area contributed by atoms with E-state index in [-0.39, 0.29) is 11.9 Å². The van der Waals surface area contributed by atoms with E-state index in [1.165, 1.54) is 17.3 Å². The fraction of sp³-hybridized carbons (Fsp3) is 0.500. The van der Waals surface area contributed by atoms with E-state index >= 15 is 0 Å². The van der Waals surface area contributed by atoms with E-state index in [1.807, 2.05) is 9.47 Å². The van der Waals surface area contributed by atoms with Crippen molar-refractivity contribution in [2.24, 2.45) is 0 Å². The highest BCUT2D eigenvalue weighted by Crippen LogP contribution is 2.19. The average molecular weight is 346 g/mol. The molecule has 2 rings (SSSR count). The normalized spacial score (nSPS) is 11.0. The van der Waals surface area contributed by atoms with Gasteiger partial charge in [0, 0.05) is 19.1 Å². The lowest BCUT2D eigenvalue weighted by atomic mass is 10.1. The fourth-order valence-electron chi connectivity index (χ4n) is 2.38. The number of aryl methyl sites for hydroxylation is 1. The van der Waals surface area contributed by atoms with Gasteiger partial charge in [-0.2, -0.15) is 0 Å². The Morgan fingerprint density at radius 2 is 2.00 bits per heavy atom. The molecule has 6 heteroatoms. The number of carbonyl (C=O) groups excluding carboxylic acids is 1. The number of amides is 1. The topological polar surface area (TPSA) is 51.0 Å². The first-order chi connectivity index (χ1) is 11.5. The summed E-state index contributed by atoms with van der Waals surface area (Å²) in [5, 5.41) is 8.86. The molecule has 0 atom stereocenters. The summed E-state index contributed by atoms with van der Waals surface area (Å²) < 4.78 is 1.99. The number of benzene rings is 1. The molecular formula is C18H26N4OS. The molecule has 0 N–H and O–H groups in total. The van der Waals surface area contributed by atoms with Crippen LogP contribution in [0.2, 0.25) is 0 Å². The van der Waals surface area contributed by atoms with Gasteiger partial charge < -0.3 is 9.47 Å². The van der Waals surface area contributed by atoms with E-state index in [0.717, 1.165) is 23.7 Å². The van der Waals surface area contributed by atoms with E-state index in [2.05, 4.69) is 62.2 Å². The Bertz CT molecular complexity index is 651. The summed E-state index contributed by atoms with van der Waals surface area (Å²) in [5.41, 5.74) is 2.40. The molecule has 0 radical (unpaired) electrons. The van der Waals surface area contributed by atoms with Crippen LogP contribution in [0.15, 0.2) is 35.7 Å². The number of carbonyl (C=O) groups is 1. The van der Waals surface area contributed by atoms with Gasteiger partial charge in [-0.3, -0.25) is 4.79 Å². The third-order valence-electron chi connectivity index (χ3n) is 3.76. The molecule has 0 aliphatic heterocycles. The molecule has 0 aliphatic carbocycles. The summed E-state index contributed by atoms with van der Waals surface area (Å²) in [6.45, 7) is 9.75. The van der Waals surface area contributed by atoms with Crippen LogP contribution in [0.1, 0.15) is 44.4 Å². The second-order valence-corrected chi connectivity index (χ2v) is 7.15. The van der Waals surface area contributed by atoms with Crippen molar-refractivity contribution in [2.45, 2.75) is 51.9 Å². The molecule has 24 heavy (non-hydrogen) atoms. The monoisotopic (exact) mass is 346 g/mol. The molecule has 1 heterocycles. The SMILES string of the molecule is CCCN(Cc1ccc(C)cc1)C(=O)CSc1nncn1C(C)C. The Hall–Kier alpha value is -1.82. The quantitative estimate of drug-likeness (QED) is 0.684. The van der Waals surface area contributed by atoms with E-state index in [4.69, 9.17) is 0 Å². The molecule has 130 valence electrons. The predicted molar refractivity (Wildman–Crippen MR) is 98.0 cm³/mol. The fourth-order valence-corrected chi connectivity index (χ4v) is 3.33. The zero-order valence-electron chi connectivity index (χ0n) is 14.9. The van der Waals surface area contributed by atoms with Gasteiger partial charge in [0.05, 0.1) is 5.75 Å². The highest BCUT2D eigenvalue weighted by atomic mass is 32.2. The van der Waals surface area contributed by atoms with Crippen molar-refractivity contribution in [3.8, 4) is 0 Å². The Balaban J connectivity index is 1.98. The lowest BCUT2D eigenvalue weighted by molar-refractivity contribution is -0.129. The first-order valence-corrected chi connectivity index (χ1v) is 9.35. The molecule has 0 spiro atoms. The average Bonchev–Trinajstić information content (AvgIpc) is 3.03. The number of hydrogen-bond donors (Lipinski definition) is 0. The number of hydrogen-bond acceptors (Lipinski definition) is 4. The van der Waals surface area contributed by atoms with E-state index in [9.17, 15) is 4.79 Å². The van der Waals surface area contributed by atoms with Crippen LogP contribution in [0.3, 0.4) is 0 Å². The molecule has 2 aromatic rings. The summed E-state index contributed by atoms with van der Waals surface area (Å²) in [7, 11) is 0. The molecular weight excluding hydrogens is 320 g/mol. The van der Waals surface area contributed by atoms with E-state index < -0.39 is 0 Å². The van der Waals surface area contributed by atoms with Crippen LogP contribution in [0.5, 0.6) is 0 Å². The number of rotatable bonds is 8. The van der Waals surface area contributed by atoms with Crippen molar-refractivity contribution in [2.75, 3.05) is 12.3 Å². The Labute approximate surface area is 148 Å². The minimum atomic E-state index is 0.140. The molecule has 1 amide bonds. The second-order valence-electron chi connectivity index (χ2n) is 6.20. The highest BCUT2D eigenvalue weighted by Gasteiger charge is 2.16. The molecule has 0 aliphatic rings. The first-order valence-electron chi connectivity index (χ1n) is 8.37. The molecule has 0 saturated heterocycles. The van der Waals surface area contributed by atoms with Crippen molar-refractivity contribution >= 4 is 17.7 Å². The summed E-state index contributed by atoms with van der Waals surface area (Å²) in [6, 6.07) is 8.65. The second kappa shape index (κ2) is 8.87. The van der Waals surface area contributed by atoms with E-state index in [0.29, 0.717) is 12.3 Å². The van der Waals surface area contributed by atoms with Crippen LogP contribution in [-0.4, -0.2) is 37.9 Å². The zero-order valence-corrected chi connectivity index (χ0v) is 15.7. The standard InChI is InChI=1S/C18H26N4OS/c1-5-10-21(11-16-8-6-15(4)7-9-16)17(23)12-24-18-20-19-13-22(18)14(2)3/h6-9,13-14H,5,10-12H2,1-4H3. The van der Waals surface area contributed by atoms with Gasteiger partial charge in [-0.25, -0.2) is 0 Å². The maximum atomic E-state index is 12.6. The first kappa shape index (κ1) is 18.5. The molecule has 0 saturated carbocycles. The Kier molecular flexibility index (Phi) is 6.85. The molecule has 0 bridgehead atoms. The largest absolute Gasteiger partial charge is 0.338 e. The van der Waals surface area contributed by atoms with Crippen molar-refractivity contribution in [3.05, 3.63) is 41.7 Å².